The maximum absolute atomic E-state index is 12.2. The van der Waals surface area contributed by atoms with Crippen molar-refractivity contribution >= 4 is 11.7 Å². The van der Waals surface area contributed by atoms with Gasteiger partial charge in [-0.25, -0.2) is 4.79 Å². The smallest absolute Gasteiger partial charge is 0.321 e. The minimum Gasteiger partial charge on any atom is -0.377 e. The predicted octanol–water partition coefficient (Wildman–Crippen LogP) is 3.03. The molecule has 1 aromatic rings. The molecule has 1 N–H and O–H groups in total. The Labute approximate surface area is 114 Å². The number of carbonyl (C=O) groups is 1. The number of aryl methyl sites for hydroxylation is 1. The van der Waals surface area contributed by atoms with E-state index in [-0.39, 0.29) is 12.1 Å². The molecule has 1 aliphatic heterocycles. The summed E-state index contributed by atoms with van der Waals surface area (Å²) in [5, 5.41) is 2.95. The Bertz CT molecular complexity index is 432. The van der Waals surface area contributed by atoms with E-state index < -0.39 is 0 Å². The summed E-state index contributed by atoms with van der Waals surface area (Å²) in [4.78, 5) is 14.0. The molecule has 1 fully saturated rings. The minimum absolute atomic E-state index is 0.0324. The number of nitrogens with one attached hydrogen (secondary N) is 1. The van der Waals surface area contributed by atoms with E-state index in [1.165, 1.54) is 0 Å². The van der Waals surface area contributed by atoms with Crippen LogP contribution in [0.4, 0.5) is 10.5 Å². The Hall–Kier alpha value is -1.55. The van der Waals surface area contributed by atoms with Crippen LogP contribution in [0.3, 0.4) is 0 Å². The van der Waals surface area contributed by atoms with E-state index in [9.17, 15) is 4.79 Å². The zero-order valence-corrected chi connectivity index (χ0v) is 11.7. The highest BCUT2D eigenvalue weighted by atomic mass is 16.5. The van der Waals surface area contributed by atoms with Crippen LogP contribution in [0.2, 0.25) is 0 Å². The molecule has 4 heteroatoms. The zero-order valence-electron chi connectivity index (χ0n) is 11.7. The molecule has 4 nitrogen and oxygen atoms in total. The van der Waals surface area contributed by atoms with Crippen molar-refractivity contribution in [3.63, 3.8) is 0 Å². The third kappa shape index (κ3) is 3.96. The molecule has 0 aliphatic carbocycles. The van der Waals surface area contributed by atoms with Gasteiger partial charge < -0.3 is 15.0 Å². The molecule has 0 aromatic heterocycles. The van der Waals surface area contributed by atoms with Crippen LogP contribution in [0.5, 0.6) is 0 Å². The second kappa shape index (κ2) is 6.57. The first kappa shape index (κ1) is 13.9. The van der Waals surface area contributed by atoms with Gasteiger partial charge in [-0.05, 0) is 44.4 Å². The van der Waals surface area contributed by atoms with Crippen molar-refractivity contribution in [1.82, 2.24) is 4.90 Å². The van der Waals surface area contributed by atoms with Gasteiger partial charge >= 0.3 is 6.03 Å². The molecule has 1 aliphatic rings. The molecule has 1 unspecified atom stereocenters. The van der Waals surface area contributed by atoms with Gasteiger partial charge in [-0.1, -0.05) is 12.1 Å². The van der Waals surface area contributed by atoms with Crippen molar-refractivity contribution in [3.05, 3.63) is 29.8 Å². The summed E-state index contributed by atoms with van der Waals surface area (Å²) in [6.07, 6.45) is 2.23. The summed E-state index contributed by atoms with van der Waals surface area (Å²) < 4.78 is 5.61. The largest absolute Gasteiger partial charge is 0.377 e. The Morgan fingerprint density at radius 2 is 2.37 bits per heavy atom. The lowest BCUT2D eigenvalue weighted by molar-refractivity contribution is 0.0181. The fourth-order valence-electron chi connectivity index (χ4n) is 2.42. The average molecular weight is 262 g/mol. The van der Waals surface area contributed by atoms with Crippen molar-refractivity contribution in [1.29, 1.82) is 0 Å². The predicted molar refractivity (Wildman–Crippen MR) is 76.4 cm³/mol. The number of hydrogen-bond donors (Lipinski definition) is 1. The number of hydrogen-bond acceptors (Lipinski definition) is 2. The number of carbonyl (C=O) groups excluding carboxylic acids is 1. The fraction of sp³-hybridized carbons (Fsp3) is 0.533. The number of rotatable bonds is 3. The van der Waals surface area contributed by atoms with E-state index in [0.29, 0.717) is 13.2 Å². The Morgan fingerprint density at radius 3 is 3.11 bits per heavy atom. The first-order valence-corrected chi connectivity index (χ1v) is 6.93. The standard InChI is InChI=1S/C15H22N2O2/c1-3-19-14-8-5-9-17(11-14)15(18)16-13-7-4-6-12(2)10-13/h4,6-7,10,14H,3,5,8-9,11H2,1-2H3,(H,16,18). The summed E-state index contributed by atoms with van der Waals surface area (Å²) >= 11 is 0. The number of likely N-dealkylation sites (tertiary alicyclic amines) is 1. The SMILES string of the molecule is CCOC1CCCN(C(=O)Nc2cccc(C)c2)C1. The molecule has 1 heterocycles. The third-order valence-electron chi connectivity index (χ3n) is 3.34. The molecule has 1 saturated heterocycles. The summed E-state index contributed by atoms with van der Waals surface area (Å²) in [6.45, 7) is 6.21. The van der Waals surface area contributed by atoms with E-state index in [2.05, 4.69) is 5.32 Å². The van der Waals surface area contributed by atoms with Crippen LogP contribution in [0.1, 0.15) is 25.3 Å². The molecule has 0 spiro atoms. The number of nitrogens with zero attached hydrogens (tertiary/aromatic N) is 1. The average Bonchev–Trinajstić information content (AvgIpc) is 2.39. The van der Waals surface area contributed by atoms with Crippen LogP contribution in [-0.2, 0) is 4.74 Å². The number of ether oxygens (including phenoxy) is 1. The number of piperidine rings is 1. The molecule has 2 rings (SSSR count). The van der Waals surface area contributed by atoms with Gasteiger partial charge in [0.2, 0.25) is 0 Å². The molecule has 1 atom stereocenters. The maximum Gasteiger partial charge on any atom is 0.321 e. The van der Waals surface area contributed by atoms with Gasteiger partial charge in [0.05, 0.1) is 6.10 Å². The van der Waals surface area contributed by atoms with E-state index in [1.807, 2.05) is 43.0 Å². The van der Waals surface area contributed by atoms with E-state index >= 15 is 0 Å². The quantitative estimate of drug-likeness (QED) is 0.909. The molecular formula is C15H22N2O2. The summed E-state index contributed by atoms with van der Waals surface area (Å²) in [5.74, 6) is 0. The van der Waals surface area contributed by atoms with Crippen molar-refractivity contribution in [2.24, 2.45) is 0 Å². The number of amides is 2. The Balaban J connectivity index is 1.92. The fourth-order valence-corrected chi connectivity index (χ4v) is 2.42. The maximum atomic E-state index is 12.2. The Kier molecular flexibility index (Phi) is 4.80. The van der Waals surface area contributed by atoms with Crippen molar-refractivity contribution in [2.75, 3.05) is 25.0 Å². The first-order chi connectivity index (χ1) is 9.19. The molecule has 19 heavy (non-hydrogen) atoms. The summed E-state index contributed by atoms with van der Waals surface area (Å²) in [7, 11) is 0. The van der Waals surface area contributed by atoms with Crippen LogP contribution in [-0.4, -0.2) is 36.7 Å². The van der Waals surface area contributed by atoms with Gasteiger partial charge in [-0.15, -0.1) is 0 Å². The van der Waals surface area contributed by atoms with E-state index in [1.54, 1.807) is 0 Å². The molecule has 1 aromatic carbocycles. The Morgan fingerprint density at radius 1 is 1.53 bits per heavy atom. The zero-order chi connectivity index (χ0) is 13.7. The lowest BCUT2D eigenvalue weighted by Crippen LogP contribution is -2.45. The van der Waals surface area contributed by atoms with Crippen molar-refractivity contribution in [3.8, 4) is 0 Å². The lowest BCUT2D eigenvalue weighted by Gasteiger charge is -2.32. The van der Waals surface area contributed by atoms with E-state index in [4.69, 9.17) is 4.74 Å². The molecule has 0 bridgehead atoms. The van der Waals surface area contributed by atoms with Crippen molar-refractivity contribution in [2.45, 2.75) is 32.8 Å². The summed E-state index contributed by atoms with van der Waals surface area (Å²) in [5.41, 5.74) is 1.99. The van der Waals surface area contributed by atoms with Gasteiger partial charge in [0.25, 0.3) is 0 Å². The first-order valence-electron chi connectivity index (χ1n) is 6.93. The van der Waals surface area contributed by atoms with Crippen LogP contribution in [0.15, 0.2) is 24.3 Å². The summed E-state index contributed by atoms with van der Waals surface area (Å²) in [6, 6.07) is 7.82. The van der Waals surface area contributed by atoms with Crippen LogP contribution in [0, 0.1) is 6.92 Å². The van der Waals surface area contributed by atoms with Crippen LogP contribution >= 0.6 is 0 Å². The minimum atomic E-state index is -0.0324. The number of anilines is 1. The van der Waals surface area contributed by atoms with Crippen LogP contribution in [0.25, 0.3) is 0 Å². The van der Waals surface area contributed by atoms with Gasteiger partial charge in [0.1, 0.15) is 0 Å². The van der Waals surface area contributed by atoms with Gasteiger partial charge in [-0.3, -0.25) is 0 Å². The van der Waals surface area contributed by atoms with Crippen LogP contribution < -0.4 is 5.32 Å². The molecule has 104 valence electrons. The normalized spacial score (nSPS) is 19.3. The highest BCUT2D eigenvalue weighted by Gasteiger charge is 2.23. The number of urea groups is 1. The van der Waals surface area contributed by atoms with Gasteiger partial charge in [0, 0.05) is 25.4 Å². The molecule has 0 radical (unpaired) electrons. The number of benzene rings is 1. The second-order valence-corrected chi connectivity index (χ2v) is 4.97. The third-order valence-corrected chi connectivity index (χ3v) is 3.34. The molecule has 0 saturated carbocycles. The monoisotopic (exact) mass is 262 g/mol. The molecular weight excluding hydrogens is 240 g/mol. The van der Waals surface area contributed by atoms with Gasteiger partial charge in [0.15, 0.2) is 0 Å². The van der Waals surface area contributed by atoms with Gasteiger partial charge in [-0.2, -0.15) is 0 Å². The van der Waals surface area contributed by atoms with E-state index in [0.717, 1.165) is 30.6 Å². The second-order valence-electron chi connectivity index (χ2n) is 4.97. The topological polar surface area (TPSA) is 41.6 Å². The highest BCUT2D eigenvalue weighted by molar-refractivity contribution is 5.89. The molecule has 2 amide bonds. The highest BCUT2D eigenvalue weighted by Crippen LogP contribution is 2.16. The van der Waals surface area contributed by atoms with Crippen molar-refractivity contribution < 1.29 is 9.53 Å². The lowest BCUT2D eigenvalue weighted by atomic mass is 10.1.